The number of aromatic nitrogens is 2. The molecular weight excluding hydrogens is 493 g/mol. The second-order valence-corrected chi connectivity index (χ2v) is 10.8. The number of halogens is 3. The van der Waals surface area contributed by atoms with Crippen LogP contribution in [0.2, 0.25) is 0 Å². The number of likely N-dealkylation sites (tertiary alicyclic amines) is 1. The Morgan fingerprint density at radius 2 is 1.81 bits per heavy atom. The van der Waals surface area contributed by atoms with Gasteiger partial charge in [0.2, 0.25) is 11.9 Å². The van der Waals surface area contributed by atoms with Gasteiger partial charge in [0.25, 0.3) is 0 Å². The highest BCUT2D eigenvalue weighted by molar-refractivity contribution is 7.90. The minimum absolute atomic E-state index is 0.0813. The first kappa shape index (κ1) is 25.8. The maximum Gasteiger partial charge on any atom is 0.217 e. The van der Waals surface area contributed by atoms with E-state index in [1.165, 1.54) is 12.1 Å². The lowest BCUT2D eigenvalue weighted by Crippen LogP contribution is -2.32. The van der Waals surface area contributed by atoms with Crippen molar-refractivity contribution in [2.45, 2.75) is 25.3 Å². The number of piperidine rings is 1. The molecule has 1 aliphatic rings. The molecule has 1 fully saturated rings. The normalized spacial score (nSPS) is 15.7. The summed E-state index contributed by atoms with van der Waals surface area (Å²) in [5.74, 6) is -2.89. The van der Waals surface area contributed by atoms with Gasteiger partial charge in [0.05, 0.1) is 5.69 Å². The summed E-state index contributed by atoms with van der Waals surface area (Å²) in [6.07, 6.45) is 6.13. The van der Waals surface area contributed by atoms with E-state index in [1.54, 1.807) is 24.5 Å². The first-order valence-electron chi connectivity index (χ1n) is 11.3. The highest BCUT2D eigenvalue weighted by Crippen LogP contribution is 2.28. The summed E-state index contributed by atoms with van der Waals surface area (Å²) < 4.78 is 63.1. The van der Waals surface area contributed by atoms with Crippen LogP contribution in [0.1, 0.15) is 41.1 Å². The van der Waals surface area contributed by atoms with E-state index < -0.39 is 33.4 Å². The van der Waals surface area contributed by atoms with Crippen LogP contribution in [-0.2, 0) is 21.2 Å². The summed E-state index contributed by atoms with van der Waals surface area (Å²) in [6, 6.07) is 9.93. The second-order valence-electron chi connectivity index (χ2n) is 8.76. The Bertz CT molecular complexity index is 1330. The SMILES string of the molecule is CS(=O)(=O)CO/N=C(/c1ccc(F)c(F)c1)c1ccc(CN2CCC(c3ccc(F)nc3)CC2)cn1. The Morgan fingerprint density at radius 3 is 2.42 bits per heavy atom. The van der Waals surface area contributed by atoms with E-state index in [2.05, 4.69) is 20.0 Å². The van der Waals surface area contributed by atoms with Gasteiger partial charge < -0.3 is 4.84 Å². The predicted octanol–water partition coefficient (Wildman–Crippen LogP) is 4.04. The van der Waals surface area contributed by atoms with Gasteiger partial charge in [0.15, 0.2) is 21.5 Å². The lowest BCUT2D eigenvalue weighted by Gasteiger charge is -2.32. The van der Waals surface area contributed by atoms with E-state index in [9.17, 15) is 21.6 Å². The fourth-order valence-corrected chi connectivity index (χ4v) is 4.29. The van der Waals surface area contributed by atoms with Crippen molar-refractivity contribution in [3.63, 3.8) is 0 Å². The second kappa shape index (κ2) is 11.2. The summed E-state index contributed by atoms with van der Waals surface area (Å²) in [4.78, 5) is 15.4. The molecule has 0 atom stereocenters. The zero-order valence-electron chi connectivity index (χ0n) is 19.6. The number of pyridine rings is 2. The summed E-state index contributed by atoms with van der Waals surface area (Å²) >= 11 is 0. The Kier molecular flexibility index (Phi) is 8.00. The third kappa shape index (κ3) is 6.88. The van der Waals surface area contributed by atoms with Crippen LogP contribution < -0.4 is 0 Å². The molecule has 0 saturated carbocycles. The molecule has 3 heterocycles. The molecule has 2 aromatic heterocycles. The molecule has 0 N–H and O–H groups in total. The molecule has 11 heteroatoms. The Balaban J connectivity index is 1.44. The topological polar surface area (TPSA) is 84.8 Å². The molecular formula is C25H25F3N4O3S. The van der Waals surface area contributed by atoms with Crippen molar-refractivity contribution in [2.24, 2.45) is 5.16 Å². The lowest BCUT2D eigenvalue weighted by atomic mass is 9.90. The van der Waals surface area contributed by atoms with Gasteiger partial charge in [-0.25, -0.2) is 22.2 Å². The first-order valence-corrected chi connectivity index (χ1v) is 13.4. The zero-order valence-corrected chi connectivity index (χ0v) is 20.4. The molecule has 0 bridgehead atoms. The zero-order chi connectivity index (χ0) is 25.7. The van der Waals surface area contributed by atoms with Crippen LogP contribution >= 0.6 is 0 Å². The van der Waals surface area contributed by atoms with Crippen molar-refractivity contribution in [3.8, 4) is 0 Å². The molecule has 1 aromatic carbocycles. The third-order valence-corrected chi connectivity index (χ3v) is 6.43. The molecule has 1 saturated heterocycles. The fraction of sp³-hybridized carbons (Fsp3) is 0.320. The van der Waals surface area contributed by atoms with Crippen molar-refractivity contribution in [3.05, 3.63) is 94.8 Å². The van der Waals surface area contributed by atoms with Crippen molar-refractivity contribution in [2.75, 3.05) is 25.3 Å². The van der Waals surface area contributed by atoms with Crippen LogP contribution in [0.15, 0.2) is 60.0 Å². The smallest absolute Gasteiger partial charge is 0.217 e. The summed E-state index contributed by atoms with van der Waals surface area (Å²) in [5.41, 5.74) is 2.59. The number of oxime groups is 1. The molecule has 36 heavy (non-hydrogen) atoms. The average molecular weight is 519 g/mol. The Hall–Kier alpha value is -3.31. The number of hydrogen-bond donors (Lipinski definition) is 0. The van der Waals surface area contributed by atoms with Gasteiger partial charge in [-0.15, -0.1) is 0 Å². The standard InChI is InChI=1S/C25H25F3N4O3S/c1-36(33,34)16-35-31-25(19-3-5-21(26)22(27)12-19)23-6-2-17(13-29-23)15-32-10-8-18(9-11-32)20-4-7-24(28)30-14-20/h2-7,12-14,18H,8-11,15-16H2,1H3/b31-25-. The highest BCUT2D eigenvalue weighted by atomic mass is 32.2. The van der Waals surface area contributed by atoms with Crippen LogP contribution in [0.25, 0.3) is 0 Å². The van der Waals surface area contributed by atoms with Gasteiger partial charge in [-0.1, -0.05) is 17.3 Å². The molecule has 0 aliphatic carbocycles. The van der Waals surface area contributed by atoms with Crippen LogP contribution in [0, 0.1) is 17.6 Å². The molecule has 0 amide bonds. The largest absolute Gasteiger partial charge is 0.379 e. The summed E-state index contributed by atoms with van der Waals surface area (Å²) in [5, 5.41) is 3.86. The van der Waals surface area contributed by atoms with E-state index in [1.807, 2.05) is 6.07 Å². The number of nitrogens with zero attached hydrogens (tertiary/aromatic N) is 4. The van der Waals surface area contributed by atoms with Gasteiger partial charge in [-0.05, 0) is 73.3 Å². The van der Waals surface area contributed by atoms with Crippen molar-refractivity contribution in [1.82, 2.24) is 14.9 Å². The van der Waals surface area contributed by atoms with E-state index in [4.69, 9.17) is 4.84 Å². The Morgan fingerprint density at radius 1 is 1.03 bits per heavy atom. The maximum absolute atomic E-state index is 13.8. The molecule has 0 spiro atoms. The number of rotatable bonds is 8. The lowest BCUT2D eigenvalue weighted by molar-refractivity contribution is 0.190. The monoisotopic (exact) mass is 518 g/mol. The van der Waals surface area contributed by atoms with Crippen LogP contribution in [0.5, 0.6) is 0 Å². The number of benzene rings is 1. The number of hydrogen-bond acceptors (Lipinski definition) is 7. The molecule has 0 unspecified atom stereocenters. The van der Waals surface area contributed by atoms with Crippen molar-refractivity contribution >= 4 is 15.5 Å². The number of sulfone groups is 1. The van der Waals surface area contributed by atoms with Crippen molar-refractivity contribution < 1.29 is 26.4 Å². The first-order chi connectivity index (χ1) is 17.2. The van der Waals surface area contributed by atoms with Gasteiger partial charge in [-0.3, -0.25) is 9.88 Å². The third-order valence-electron chi connectivity index (χ3n) is 5.90. The molecule has 4 rings (SSSR count). The average Bonchev–Trinajstić information content (AvgIpc) is 2.85. The predicted molar refractivity (Wildman–Crippen MR) is 128 cm³/mol. The molecule has 190 valence electrons. The fourth-order valence-electron chi connectivity index (χ4n) is 4.05. The Labute approximate surface area is 207 Å². The van der Waals surface area contributed by atoms with Gasteiger partial charge in [0.1, 0.15) is 5.71 Å². The molecule has 0 radical (unpaired) electrons. The highest BCUT2D eigenvalue weighted by Gasteiger charge is 2.21. The van der Waals surface area contributed by atoms with Crippen molar-refractivity contribution in [1.29, 1.82) is 0 Å². The van der Waals surface area contributed by atoms with E-state index in [0.717, 1.165) is 55.4 Å². The maximum atomic E-state index is 13.8. The molecule has 3 aromatic rings. The van der Waals surface area contributed by atoms with Crippen LogP contribution in [0.3, 0.4) is 0 Å². The minimum atomic E-state index is -3.46. The van der Waals surface area contributed by atoms with E-state index >= 15 is 0 Å². The molecule has 1 aliphatic heterocycles. The van der Waals surface area contributed by atoms with Crippen LogP contribution in [0.4, 0.5) is 13.2 Å². The van der Waals surface area contributed by atoms with Gasteiger partial charge in [0, 0.05) is 30.8 Å². The van der Waals surface area contributed by atoms with Crippen LogP contribution in [-0.4, -0.2) is 54.3 Å². The quantitative estimate of drug-likeness (QED) is 0.254. The molecule has 7 nitrogen and oxygen atoms in total. The van der Waals surface area contributed by atoms with E-state index in [-0.39, 0.29) is 11.3 Å². The van der Waals surface area contributed by atoms with Gasteiger partial charge >= 0.3 is 0 Å². The summed E-state index contributed by atoms with van der Waals surface area (Å²) in [7, 11) is -3.46. The van der Waals surface area contributed by atoms with Gasteiger partial charge in [-0.2, -0.15) is 4.39 Å². The van der Waals surface area contributed by atoms with E-state index in [0.29, 0.717) is 18.2 Å². The minimum Gasteiger partial charge on any atom is -0.379 e. The summed E-state index contributed by atoms with van der Waals surface area (Å²) in [6.45, 7) is 2.40.